The Bertz CT molecular complexity index is 1750. The first-order chi connectivity index (χ1) is 24.3. The van der Waals surface area contributed by atoms with E-state index in [-0.39, 0.29) is 12.4 Å². The molecular weight excluding hydrogens is 677 g/mol. The number of pyridine rings is 1. The van der Waals surface area contributed by atoms with Crippen LogP contribution in [0.3, 0.4) is 0 Å². The highest BCUT2D eigenvalue weighted by molar-refractivity contribution is 6.35. The van der Waals surface area contributed by atoms with Gasteiger partial charge in [0.15, 0.2) is 23.9 Å². The van der Waals surface area contributed by atoms with Gasteiger partial charge in [-0.25, -0.2) is 14.6 Å². The third kappa shape index (κ3) is 8.58. The number of hydrogen-bond donors (Lipinski definition) is 1. The average Bonchev–Trinajstić information content (AvgIpc) is 3.16. The van der Waals surface area contributed by atoms with Crippen LogP contribution in [0.5, 0.6) is 11.5 Å². The molecule has 2 bridgehead atoms. The van der Waals surface area contributed by atoms with E-state index in [0.717, 1.165) is 30.8 Å². The molecule has 0 spiro atoms. The lowest BCUT2D eigenvalue weighted by Gasteiger charge is -2.44. The van der Waals surface area contributed by atoms with Crippen LogP contribution in [0, 0.1) is 11.8 Å². The molecule has 1 unspecified atom stereocenters. The minimum absolute atomic E-state index is 0.228. The summed E-state index contributed by atoms with van der Waals surface area (Å²) in [7, 11) is 3.10. The summed E-state index contributed by atoms with van der Waals surface area (Å²) in [6.45, 7) is 4.12. The Morgan fingerprint density at radius 3 is 2.24 bits per heavy atom. The number of carbonyl (C=O) groups is 2. The number of nitrogens with zero attached hydrogens (tertiary/aromatic N) is 1. The summed E-state index contributed by atoms with van der Waals surface area (Å²) in [5.41, 5.74) is 3.42. The van der Waals surface area contributed by atoms with Gasteiger partial charge in [-0.15, -0.1) is 0 Å². The molecule has 1 aromatic heterocycles. The number of ether oxygens (including phenoxy) is 4. The zero-order valence-electron chi connectivity index (χ0n) is 28.2. The highest BCUT2D eigenvalue weighted by atomic mass is 35.5. The van der Waals surface area contributed by atoms with Gasteiger partial charge in [-0.1, -0.05) is 71.7 Å². The lowest BCUT2D eigenvalue weighted by atomic mass is 9.79. The van der Waals surface area contributed by atoms with Gasteiger partial charge in [0.1, 0.15) is 22.2 Å². The Morgan fingerprint density at radius 1 is 0.900 bits per heavy atom. The molecule has 7 rings (SSSR count). The summed E-state index contributed by atoms with van der Waals surface area (Å²) in [6, 6.07) is 21.4. The number of fused-ring (bicyclic) bond motifs is 3. The zero-order valence-corrected chi connectivity index (χ0v) is 29.7. The summed E-state index contributed by atoms with van der Waals surface area (Å²) < 4.78 is 22.9. The first-order valence-corrected chi connectivity index (χ1v) is 17.6. The van der Waals surface area contributed by atoms with Crippen LogP contribution in [0.15, 0.2) is 85.2 Å². The van der Waals surface area contributed by atoms with Crippen molar-refractivity contribution in [3.8, 4) is 11.5 Å². The van der Waals surface area contributed by atoms with Crippen LogP contribution < -0.4 is 19.8 Å². The van der Waals surface area contributed by atoms with E-state index in [2.05, 4.69) is 15.2 Å². The maximum absolute atomic E-state index is 13.5. The normalized spacial score (nSPS) is 19.3. The van der Waals surface area contributed by atoms with E-state index in [0.29, 0.717) is 63.2 Å². The van der Waals surface area contributed by atoms with Crippen LogP contribution in [0.2, 0.25) is 10.0 Å². The van der Waals surface area contributed by atoms with Gasteiger partial charge in [-0.05, 0) is 72.8 Å². The molecule has 2 N–H and O–H groups in total. The zero-order chi connectivity index (χ0) is 35.0. The van der Waals surface area contributed by atoms with Crippen molar-refractivity contribution in [1.29, 1.82) is 0 Å². The SMILES string of the molecule is COc1ccc([C@H](Cc2c(Cl)c[nH+]cc2Cl)OC(=O)c2ccc(CNC(C(=O)OC[C@@H]3CN4CCC3CC4)c3ccccc3)cc2)cc1OC. The van der Waals surface area contributed by atoms with Gasteiger partial charge in [-0.2, -0.15) is 0 Å². The van der Waals surface area contributed by atoms with E-state index in [1.165, 1.54) is 12.8 Å². The molecule has 0 saturated carbocycles. The van der Waals surface area contributed by atoms with E-state index >= 15 is 0 Å². The molecule has 4 heterocycles. The summed E-state index contributed by atoms with van der Waals surface area (Å²) in [4.78, 5) is 32.3. The number of rotatable bonds is 14. The van der Waals surface area contributed by atoms with Crippen LogP contribution in [0.1, 0.15) is 57.6 Å². The second-order valence-corrected chi connectivity index (χ2v) is 13.6. The lowest BCUT2D eigenvalue weighted by Crippen LogP contribution is -2.49. The van der Waals surface area contributed by atoms with Crippen LogP contribution in [0.25, 0.3) is 0 Å². The number of methoxy groups -OCH3 is 2. The second-order valence-electron chi connectivity index (χ2n) is 12.8. The lowest BCUT2D eigenvalue weighted by molar-refractivity contribution is -0.377. The van der Waals surface area contributed by atoms with Crippen molar-refractivity contribution >= 4 is 35.1 Å². The van der Waals surface area contributed by atoms with E-state index in [1.54, 1.807) is 50.9 Å². The molecule has 3 fully saturated rings. The number of hydrogen-bond acceptors (Lipinski definition) is 8. The van der Waals surface area contributed by atoms with Gasteiger partial charge in [0, 0.05) is 31.0 Å². The van der Waals surface area contributed by atoms with Crippen LogP contribution in [0.4, 0.5) is 0 Å². The van der Waals surface area contributed by atoms with Crippen LogP contribution in [-0.2, 0) is 27.2 Å². The third-order valence-corrected chi connectivity index (χ3v) is 10.4. The fourth-order valence-corrected chi connectivity index (χ4v) is 7.38. The number of piperidine rings is 3. The van der Waals surface area contributed by atoms with Gasteiger partial charge in [0.05, 0.1) is 26.4 Å². The monoisotopic (exact) mass is 718 g/mol. The fraction of sp³-hybridized carbons (Fsp3) is 0.359. The smallest absolute Gasteiger partial charge is 0.338 e. The van der Waals surface area contributed by atoms with E-state index in [4.69, 9.17) is 42.1 Å². The summed E-state index contributed by atoms with van der Waals surface area (Å²) in [6.07, 6.45) is 5.11. The van der Waals surface area contributed by atoms with E-state index < -0.39 is 18.1 Å². The van der Waals surface area contributed by atoms with Crippen LogP contribution >= 0.6 is 23.2 Å². The first kappa shape index (κ1) is 35.7. The molecule has 3 atom stereocenters. The number of nitrogens with one attached hydrogen (secondary N) is 2. The standard InChI is InChI=1S/C39H41Cl2N3O6/c1-47-34-13-12-29(18-36(34)48-2)35(19-31-32(40)21-42-22-33(31)41)50-38(45)28-10-8-25(9-11-28)20-43-37(27-6-4-3-5-7-27)39(46)49-24-30-23-44-16-14-26(30)15-17-44/h3-13,18,21-22,26,30,35,37,43H,14-17,19-20,23-24H2,1-2H3/p+1/t30-,35-,37?/m0/s1. The summed E-state index contributed by atoms with van der Waals surface area (Å²) >= 11 is 13.0. The molecule has 3 aliphatic heterocycles. The minimum atomic E-state index is -0.736. The summed E-state index contributed by atoms with van der Waals surface area (Å²) in [5.74, 6) is 1.26. The Labute approximate surface area is 302 Å². The molecule has 0 amide bonds. The largest absolute Gasteiger partial charge is 0.493 e. The van der Waals surface area contributed by atoms with Crippen molar-refractivity contribution in [1.82, 2.24) is 10.2 Å². The Morgan fingerprint density at radius 2 is 1.60 bits per heavy atom. The maximum atomic E-state index is 13.5. The fourth-order valence-electron chi connectivity index (χ4n) is 6.84. The Balaban J connectivity index is 1.13. The molecule has 50 heavy (non-hydrogen) atoms. The molecular formula is C39H42Cl2N3O6+. The van der Waals surface area contributed by atoms with Crippen LogP contribution in [-0.4, -0.2) is 57.3 Å². The highest BCUT2D eigenvalue weighted by Crippen LogP contribution is 2.36. The number of H-pyrrole nitrogens is 1. The average molecular weight is 720 g/mol. The second kappa shape index (κ2) is 16.7. The van der Waals surface area contributed by atoms with E-state index in [9.17, 15) is 9.59 Å². The Kier molecular flexibility index (Phi) is 11.9. The third-order valence-electron chi connectivity index (χ3n) is 9.71. The number of carbonyl (C=O) groups excluding carboxylic acids is 2. The van der Waals surface area contributed by atoms with Gasteiger partial charge in [-0.3, -0.25) is 5.32 Å². The molecule has 3 aromatic carbocycles. The van der Waals surface area contributed by atoms with Gasteiger partial charge >= 0.3 is 11.9 Å². The minimum Gasteiger partial charge on any atom is -0.493 e. The topological polar surface area (TPSA) is 100 Å². The van der Waals surface area contributed by atoms with Gasteiger partial charge in [0.2, 0.25) is 0 Å². The van der Waals surface area contributed by atoms with Crippen molar-refractivity contribution in [2.75, 3.05) is 40.5 Å². The van der Waals surface area contributed by atoms with Gasteiger partial charge < -0.3 is 23.8 Å². The number of esters is 2. The number of aromatic amines is 1. The van der Waals surface area contributed by atoms with E-state index in [1.807, 2.05) is 48.5 Å². The number of halogens is 2. The van der Waals surface area contributed by atoms with Crippen molar-refractivity contribution in [2.45, 2.75) is 38.0 Å². The van der Waals surface area contributed by atoms with Crippen molar-refractivity contribution in [2.24, 2.45) is 11.8 Å². The predicted octanol–water partition coefficient (Wildman–Crippen LogP) is 6.68. The number of aromatic nitrogens is 1. The number of benzene rings is 3. The quantitative estimate of drug-likeness (QED) is 0.144. The van der Waals surface area contributed by atoms with Gasteiger partial charge in [0.25, 0.3) is 0 Å². The van der Waals surface area contributed by atoms with Crippen molar-refractivity contribution in [3.63, 3.8) is 0 Å². The predicted molar refractivity (Wildman–Crippen MR) is 191 cm³/mol. The molecule has 3 aliphatic rings. The molecule has 11 heteroatoms. The molecule has 0 radical (unpaired) electrons. The summed E-state index contributed by atoms with van der Waals surface area (Å²) in [5, 5.41) is 4.23. The Hall–Kier alpha value is -4.15. The molecule has 3 saturated heterocycles. The molecule has 4 aromatic rings. The first-order valence-electron chi connectivity index (χ1n) is 16.9. The molecule has 0 aliphatic carbocycles. The van der Waals surface area contributed by atoms with Crippen molar-refractivity contribution < 1.29 is 33.5 Å². The molecule has 9 nitrogen and oxygen atoms in total. The highest BCUT2D eigenvalue weighted by Gasteiger charge is 2.35. The molecule has 262 valence electrons. The van der Waals surface area contributed by atoms with Crippen molar-refractivity contribution in [3.05, 3.63) is 123 Å². The maximum Gasteiger partial charge on any atom is 0.338 e.